The molecule has 7 nitrogen and oxygen atoms in total. The Bertz CT molecular complexity index is 611. The number of nitrogens with zero attached hydrogens (tertiary/aromatic N) is 1. The summed E-state index contributed by atoms with van der Waals surface area (Å²) in [6.07, 6.45) is 0. The summed E-state index contributed by atoms with van der Waals surface area (Å²) < 4.78 is 50.3. The molecule has 0 aromatic heterocycles. The lowest BCUT2D eigenvalue weighted by Crippen LogP contribution is -2.41. The summed E-state index contributed by atoms with van der Waals surface area (Å²) in [5.41, 5.74) is 4.82. The van der Waals surface area contributed by atoms with Crippen LogP contribution in [0.3, 0.4) is 0 Å². The molecule has 0 atom stereocenters. The third kappa shape index (κ3) is 3.96. The summed E-state index contributed by atoms with van der Waals surface area (Å²) in [5.74, 6) is -4.96. The zero-order valence-corrected chi connectivity index (χ0v) is 10.7. The number of rotatable bonds is 6. The van der Waals surface area contributed by atoms with Crippen molar-refractivity contribution in [1.29, 1.82) is 0 Å². The Morgan fingerprint density at radius 3 is 2.05 bits per heavy atom. The molecule has 0 aliphatic rings. The summed E-state index contributed by atoms with van der Waals surface area (Å²) in [7, 11) is -4.56. The number of primary amides is 1. The van der Waals surface area contributed by atoms with E-state index in [2.05, 4.69) is 0 Å². The number of carboxylic acids is 1. The maximum Gasteiger partial charge on any atom is 0.318 e. The van der Waals surface area contributed by atoms with E-state index in [1.807, 2.05) is 0 Å². The van der Waals surface area contributed by atoms with Gasteiger partial charge >= 0.3 is 5.97 Å². The van der Waals surface area contributed by atoms with Gasteiger partial charge in [0, 0.05) is 6.07 Å². The molecule has 0 unspecified atom stereocenters. The summed E-state index contributed by atoms with van der Waals surface area (Å²) in [6, 6.07) is 1.47. The van der Waals surface area contributed by atoms with Gasteiger partial charge in [-0.3, -0.25) is 9.59 Å². The number of nitrogens with two attached hydrogens (primary N) is 1. The van der Waals surface area contributed by atoms with Crippen molar-refractivity contribution < 1.29 is 31.9 Å². The standard InChI is InChI=1S/C10H10F2N2O5S/c11-6-1-7(12)3-8(2-6)20(18,19)14(4-9(13)15)5-10(16)17/h1-3H,4-5H2,(H2,13,15)(H,16,17). The predicted molar refractivity (Wildman–Crippen MR) is 61.9 cm³/mol. The second-order valence-electron chi connectivity index (χ2n) is 3.74. The topological polar surface area (TPSA) is 118 Å². The zero-order chi connectivity index (χ0) is 15.5. The second-order valence-corrected chi connectivity index (χ2v) is 5.68. The molecule has 0 aliphatic carbocycles. The van der Waals surface area contributed by atoms with Gasteiger partial charge in [-0.25, -0.2) is 17.2 Å². The van der Waals surface area contributed by atoms with Crippen LogP contribution in [0, 0.1) is 11.6 Å². The van der Waals surface area contributed by atoms with Crippen molar-refractivity contribution in [2.75, 3.05) is 13.1 Å². The summed E-state index contributed by atoms with van der Waals surface area (Å²) >= 11 is 0. The van der Waals surface area contributed by atoms with Crippen LogP contribution in [-0.2, 0) is 19.6 Å². The molecule has 10 heteroatoms. The van der Waals surface area contributed by atoms with Crippen LogP contribution >= 0.6 is 0 Å². The number of benzene rings is 1. The van der Waals surface area contributed by atoms with E-state index < -0.39 is 51.5 Å². The van der Waals surface area contributed by atoms with E-state index in [9.17, 15) is 26.8 Å². The first kappa shape index (κ1) is 16.0. The molecule has 0 spiro atoms. The third-order valence-electron chi connectivity index (χ3n) is 2.12. The van der Waals surface area contributed by atoms with Crippen molar-refractivity contribution in [3.8, 4) is 0 Å². The van der Waals surface area contributed by atoms with Crippen molar-refractivity contribution in [1.82, 2.24) is 4.31 Å². The fourth-order valence-corrected chi connectivity index (χ4v) is 2.78. The van der Waals surface area contributed by atoms with Crippen LogP contribution in [-0.4, -0.2) is 42.8 Å². The third-order valence-corrected chi connectivity index (χ3v) is 3.89. The zero-order valence-electron chi connectivity index (χ0n) is 9.92. The number of aliphatic carboxylic acids is 1. The molecule has 0 fully saturated rings. The Morgan fingerprint density at radius 2 is 1.65 bits per heavy atom. The molecule has 0 bridgehead atoms. The van der Waals surface area contributed by atoms with Gasteiger partial charge in [0.15, 0.2) is 0 Å². The highest BCUT2D eigenvalue weighted by molar-refractivity contribution is 7.89. The molecule has 3 N–H and O–H groups in total. The summed E-state index contributed by atoms with van der Waals surface area (Å²) in [6.45, 7) is -1.99. The van der Waals surface area contributed by atoms with Crippen LogP contribution in [0.2, 0.25) is 0 Å². The number of carbonyl (C=O) groups excluding carboxylic acids is 1. The smallest absolute Gasteiger partial charge is 0.318 e. The lowest BCUT2D eigenvalue weighted by molar-refractivity contribution is -0.137. The Labute approximate surface area is 112 Å². The van der Waals surface area contributed by atoms with Crippen LogP contribution in [0.5, 0.6) is 0 Å². The van der Waals surface area contributed by atoms with Crippen molar-refractivity contribution >= 4 is 21.9 Å². The molecule has 0 heterocycles. The number of sulfonamides is 1. The molecular formula is C10H10F2N2O5S. The van der Waals surface area contributed by atoms with Crippen molar-refractivity contribution in [3.05, 3.63) is 29.8 Å². The molecule has 1 rings (SSSR count). The first-order chi connectivity index (χ1) is 9.12. The maximum atomic E-state index is 13.0. The van der Waals surface area contributed by atoms with E-state index in [0.717, 1.165) is 0 Å². The lowest BCUT2D eigenvalue weighted by Gasteiger charge is -2.18. The van der Waals surface area contributed by atoms with E-state index in [1.165, 1.54) is 0 Å². The van der Waals surface area contributed by atoms with Gasteiger partial charge < -0.3 is 10.8 Å². The van der Waals surface area contributed by atoms with Gasteiger partial charge in [0.2, 0.25) is 15.9 Å². The van der Waals surface area contributed by atoms with Crippen LogP contribution in [0.15, 0.2) is 23.1 Å². The number of amides is 1. The van der Waals surface area contributed by atoms with Gasteiger partial charge in [0.25, 0.3) is 0 Å². The van der Waals surface area contributed by atoms with Gasteiger partial charge in [-0.15, -0.1) is 0 Å². The Balaban J connectivity index is 3.27. The monoisotopic (exact) mass is 308 g/mol. The first-order valence-corrected chi connectivity index (χ1v) is 6.53. The molecular weight excluding hydrogens is 298 g/mol. The van der Waals surface area contributed by atoms with Crippen LogP contribution < -0.4 is 5.73 Å². The number of hydrogen-bond donors (Lipinski definition) is 2. The Morgan fingerprint density at radius 1 is 1.15 bits per heavy atom. The van der Waals surface area contributed by atoms with E-state index in [4.69, 9.17) is 10.8 Å². The molecule has 20 heavy (non-hydrogen) atoms. The molecule has 0 saturated heterocycles. The van der Waals surface area contributed by atoms with E-state index >= 15 is 0 Å². The fourth-order valence-electron chi connectivity index (χ4n) is 1.38. The number of halogens is 2. The molecule has 1 aromatic carbocycles. The summed E-state index contributed by atoms with van der Waals surface area (Å²) in [5, 5.41) is 8.61. The number of hydrogen-bond acceptors (Lipinski definition) is 4. The normalized spacial score (nSPS) is 11.6. The van der Waals surface area contributed by atoms with Gasteiger partial charge in [-0.2, -0.15) is 4.31 Å². The SMILES string of the molecule is NC(=O)CN(CC(=O)O)S(=O)(=O)c1cc(F)cc(F)c1. The van der Waals surface area contributed by atoms with Crippen molar-refractivity contribution in [3.63, 3.8) is 0 Å². The number of carboxylic acid groups (broad SMARTS) is 1. The average molecular weight is 308 g/mol. The highest BCUT2D eigenvalue weighted by Gasteiger charge is 2.28. The van der Waals surface area contributed by atoms with Gasteiger partial charge in [-0.1, -0.05) is 0 Å². The average Bonchev–Trinajstić information content (AvgIpc) is 2.25. The lowest BCUT2D eigenvalue weighted by atomic mass is 10.3. The van der Waals surface area contributed by atoms with Crippen LogP contribution in [0.1, 0.15) is 0 Å². The predicted octanol–water partition coefficient (Wildman–Crippen LogP) is -0.475. The molecule has 110 valence electrons. The van der Waals surface area contributed by atoms with Crippen LogP contribution in [0.4, 0.5) is 8.78 Å². The van der Waals surface area contributed by atoms with E-state index in [1.54, 1.807) is 0 Å². The highest BCUT2D eigenvalue weighted by atomic mass is 32.2. The molecule has 1 amide bonds. The fraction of sp³-hybridized carbons (Fsp3) is 0.200. The van der Waals surface area contributed by atoms with Gasteiger partial charge in [-0.05, 0) is 12.1 Å². The quantitative estimate of drug-likeness (QED) is 0.736. The van der Waals surface area contributed by atoms with Gasteiger partial charge in [0.05, 0.1) is 11.4 Å². The Hall–Kier alpha value is -2.07. The number of carbonyl (C=O) groups is 2. The maximum absolute atomic E-state index is 13.0. The van der Waals surface area contributed by atoms with Crippen LogP contribution in [0.25, 0.3) is 0 Å². The first-order valence-electron chi connectivity index (χ1n) is 5.09. The van der Waals surface area contributed by atoms with E-state index in [-0.39, 0.29) is 4.31 Å². The van der Waals surface area contributed by atoms with Gasteiger partial charge in [0.1, 0.15) is 18.2 Å². The summed E-state index contributed by atoms with van der Waals surface area (Å²) in [4.78, 5) is 20.6. The second kappa shape index (κ2) is 5.92. The largest absolute Gasteiger partial charge is 0.480 e. The van der Waals surface area contributed by atoms with Crippen molar-refractivity contribution in [2.24, 2.45) is 5.73 Å². The molecule has 1 aromatic rings. The minimum atomic E-state index is -4.56. The minimum absolute atomic E-state index is 0.214. The van der Waals surface area contributed by atoms with Crippen molar-refractivity contribution in [2.45, 2.75) is 4.90 Å². The molecule has 0 saturated carbocycles. The Kier molecular flexibility index (Phi) is 4.73. The molecule has 0 radical (unpaired) electrons. The minimum Gasteiger partial charge on any atom is -0.480 e. The highest BCUT2D eigenvalue weighted by Crippen LogP contribution is 2.18. The molecule has 0 aliphatic heterocycles. The van der Waals surface area contributed by atoms with E-state index in [0.29, 0.717) is 18.2 Å².